The molecule has 3 rings (SSSR count). The van der Waals surface area contributed by atoms with Gasteiger partial charge in [0, 0.05) is 23.2 Å². The van der Waals surface area contributed by atoms with Crippen molar-refractivity contribution in [2.24, 2.45) is 0 Å². The number of phenolic OH excluding ortho intramolecular Hbond substituents is 1. The molecule has 2 nitrogen and oxygen atoms in total. The van der Waals surface area contributed by atoms with E-state index in [1.165, 1.54) is 23.2 Å². The monoisotopic (exact) mass is 337 g/mol. The van der Waals surface area contributed by atoms with Gasteiger partial charge in [-0.1, -0.05) is 45.0 Å². The van der Waals surface area contributed by atoms with Gasteiger partial charge in [0.25, 0.3) is 0 Å². The second-order valence-corrected chi connectivity index (χ2v) is 8.61. The number of hydrogen-bond acceptors (Lipinski definition) is 2. The summed E-state index contributed by atoms with van der Waals surface area (Å²) in [5, 5.41) is 9.89. The maximum atomic E-state index is 9.89. The molecule has 1 unspecified atom stereocenters. The van der Waals surface area contributed by atoms with Crippen molar-refractivity contribution in [1.82, 2.24) is 0 Å². The summed E-state index contributed by atoms with van der Waals surface area (Å²) in [6.45, 7) is 14.8. The van der Waals surface area contributed by atoms with Crippen LogP contribution in [-0.4, -0.2) is 17.2 Å². The van der Waals surface area contributed by atoms with Crippen molar-refractivity contribution >= 4 is 5.69 Å². The van der Waals surface area contributed by atoms with Crippen LogP contribution in [0.25, 0.3) is 0 Å². The number of hydrogen-bond donors (Lipinski definition) is 1. The SMILES string of the molecule is CCN1c2cc(C(C)(C)c3cccc(O)c3)ccc2C(C)CC1(C)C. The van der Waals surface area contributed by atoms with Crippen LogP contribution in [0.15, 0.2) is 42.5 Å². The molecule has 2 heteroatoms. The smallest absolute Gasteiger partial charge is 0.115 e. The van der Waals surface area contributed by atoms with Gasteiger partial charge in [-0.15, -0.1) is 0 Å². The third kappa shape index (κ3) is 3.03. The Hall–Kier alpha value is -1.96. The molecule has 0 radical (unpaired) electrons. The maximum Gasteiger partial charge on any atom is 0.115 e. The highest BCUT2D eigenvalue weighted by Gasteiger charge is 2.36. The lowest BCUT2D eigenvalue weighted by molar-refractivity contribution is 0.381. The molecule has 2 aromatic rings. The highest BCUT2D eigenvalue weighted by atomic mass is 16.3. The Balaban J connectivity index is 2.11. The van der Waals surface area contributed by atoms with E-state index in [9.17, 15) is 5.11 Å². The average Bonchev–Trinajstić information content (AvgIpc) is 2.54. The Morgan fingerprint density at radius 2 is 1.80 bits per heavy atom. The van der Waals surface area contributed by atoms with Gasteiger partial charge >= 0.3 is 0 Å². The molecule has 0 bridgehead atoms. The molecule has 1 aliphatic heterocycles. The lowest BCUT2D eigenvalue weighted by Gasteiger charge is -2.47. The molecule has 0 aromatic heterocycles. The summed E-state index contributed by atoms with van der Waals surface area (Å²) in [7, 11) is 0. The third-order valence-corrected chi connectivity index (χ3v) is 5.99. The first-order valence-electron chi connectivity index (χ1n) is 9.38. The molecule has 25 heavy (non-hydrogen) atoms. The molecule has 1 atom stereocenters. The van der Waals surface area contributed by atoms with E-state index in [2.05, 4.69) is 70.7 Å². The zero-order valence-electron chi connectivity index (χ0n) is 16.4. The van der Waals surface area contributed by atoms with Gasteiger partial charge in [-0.2, -0.15) is 0 Å². The summed E-state index contributed by atoms with van der Waals surface area (Å²) in [5.41, 5.74) is 5.28. The molecule has 0 fully saturated rings. The standard InChI is InChI=1S/C23H31NO/c1-7-24-21-14-18(11-12-20(21)16(2)15-22(24,3)4)23(5,6)17-9-8-10-19(25)13-17/h8-14,16,25H,7,15H2,1-6H3. The van der Waals surface area contributed by atoms with E-state index in [0.29, 0.717) is 11.7 Å². The molecule has 134 valence electrons. The molecule has 0 saturated heterocycles. The second-order valence-electron chi connectivity index (χ2n) is 8.61. The van der Waals surface area contributed by atoms with E-state index in [-0.39, 0.29) is 11.0 Å². The van der Waals surface area contributed by atoms with Crippen molar-refractivity contribution in [3.05, 3.63) is 59.2 Å². The van der Waals surface area contributed by atoms with E-state index < -0.39 is 0 Å². The van der Waals surface area contributed by atoms with Crippen molar-refractivity contribution in [1.29, 1.82) is 0 Å². The number of phenols is 1. The van der Waals surface area contributed by atoms with Crippen LogP contribution < -0.4 is 4.90 Å². The summed E-state index contributed by atoms with van der Waals surface area (Å²) < 4.78 is 0. The van der Waals surface area contributed by atoms with E-state index in [4.69, 9.17) is 0 Å². The summed E-state index contributed by atoms with van der Waals surface area (Å²) in [5.74, 6) is 0.902. The Kier molecular flexibility index (Phi) is 4.35. The first-order valence-corrected chi connectivity index (χ1v) is 9.38. The summed E-state index contributed by atoms with van der Waals surface area (Å²) in [6.07, 6.45) is 1.18. The minimum atomic E-state index is -0.155. The van der Waals surface area contributed by atoms with Gasteiger partial charge in [0.1, 0.15) is 5.75 Å². The van der Waals surface area contributed by atoms with E-state index >= 15 is 0 Å². The highest BCUT2D eigenvalue weighted by Crippen LogP contribution is 2.45. The fourth-order valence-corrected chi connectivity index (χ4v) is 4.54. The highest BCUT2D eigenvalue weighted by molar-refractivity contribution is 5.62. The lowest BCUT2D eigenvalue weighted by Crippen LogP contribution is -2.48. The minimum absolute atomic E-state index is 0.155. The van der Waals surface area contributed by atoms with E-state index in [1.54, 1.807) is 6.07 Å². The van der Waals surface area contributed by atoms with Gasteiger partial charge in [-0.25, -0.2) is 0 Å². The summed E-state index contributed by atoms with van der Waals surface area (Å²) in [6, 6.07) is 14.6. The zero-order chi connectivity index (χ0) is 18.4. The van der Waals surface area contributed by atoms with E-state index in [1.807, 2.05) is 12.1 Å². The first kappa shape index (κ1) is 17.8. The van der Waals surface area contributed by atoms with Crippen molar-refractivity contribution in [3.63, 3.8) is 0 Å². The lowest BCUT2D eigenvalue weighted by atomic mass is 9.75. The van der Waals surface area contributed by atoms with Gasteiger partial charge in [0.15, 0.2) is 0 Å². The average molecular weight is 338 g/mol. The van der Waals surface area contributed by atoms with Crippen LogP contribution in [0.5, 0.6) is 5.75 Å². The molecule has 0 amide bonds. The molecule has 1 aliphatic rings. The molecule has 0 saturated carbocycles. The van der Waals surface area contributed by atoms with Crippen LogP contribution in [0.4, 0.5) is 5.69 Å². The molecule has 0 spiro atoms. The van der Waals surface area contributed by atoms with E-state index in [0.717, 1.165) is 12.1 Å². The Morgan fingerprint density at radius 3 is 2.44 bits per heavy atom. The molecule has 1 N–H and O–H groups in total. The van der Waals surface area contributed by atoms with Crippen LogP contribution >= 0.6 is 0 Å². The van der Waals surface area contributed by atoms with Crippen molar-refractivity contribution in [3.8, 4) is 5.75 Å². The van der Waals surface area contributed by atoms with Crippen LogP contribution in [0, 0.1) is 0 Å². The number of rotatable bonds is 3. The predicted octanol–water partition coefficient (Wildman–Crippen LogP) is 5.83. The number of nitrogens with zero attached hydrogens (tertiary/aromatic N) is 1. The quantitative estimate of drug-likeness (QED) is 0.761. The molecule has 1 heterocycles. The predicted molar refractivity (Wildman–Crippen MR) is 107 cm³/mol. The van der Waals surface area contributed by atoms with Gasteiger partial charge in [-0.3, -0.25) is 0 Å². The third-order valence-electron chi connectivity index (χ3n) is 5.99. The molecule has 0 aliphatic carbocycles. The number of benzene rings is 2. The van der Waals surface area contributed by atoms with Crippen LogP contribution in [0.1, 0.15) is 70.6 Å². The Labute approximate surface area is 152 Å². The van der Waals surface area contributed by atoms with Gasteiger partial charge in [0.2, 0.25) is 0 Å². The normalized spacial score (nSPS) is 19.6. The van der Waals surface area contributed by atoms with Crippen LogP contribution in [0.2, 0.25) is 0 Å². The number of fused-ring (bicyclic) bond motifs is 1. The van der Waals surface area contributed by atoms with Crippen molar-refractivity contribution < 1.29 is 5.11 Å². The largest absolute Gasteiger partial charge is 0.508 e. The maximum absolute atomic E-state index is 9.89. The Morgan fingerprint density at radius 1 is 1.12 bits per heavy atom. The molecular weight excluding hydrogens is 306 g/mol. The Bertz CT molecular complexity index is 775. The minimum Gasteiger partial charge on any atom is -0.508 e. The number of anilines is 1. The first-order chi connectivity index (χ1) is 11.7. The fourth-order valence-electron chi connectivity index (χ4n) is 4.54. The topological polar surface area (TPSA) is 23.5 Å². The summed E-state index contributed by atoms with van der Waals surface area (Å²) in [4.78, 5) is 2.55. The number of aromatic hydroxyl groups is 1. The van der Waals surface area contributed by atoms with Gasteiger partial charge in [0.05, 0.1) is 0 Å². The van der Waals surface area contributed by atoms with Crippen molar-refractivity contribution in [2.75, 3.05) is 11.4 Å². The van der Waals surface area contributed by atoms with Crippen molar-refractivity contribution in [2.45, 2.75) is 64.8 Å². The zero-order valence-corrected chi connectivity index (χ0v) is 16.4. The second kappa shape index (κ2) is 6.09. The van der Waals surface area contributed by atoms with Crippen LogP contribution in [-0.2, 0) is 5.41 Å². The molecular formula is C23H31NO. The fraction of sp³-hybridized carbons (Fsp3) is 0.478. The summed E-state index contributed by atoms with van der Waals surface area (Å²) >= 11 is 0. The molecule has 2 aromatic carbocycles. The van der Waals surface area contributed by atoms with Gasteiger partial charge < -0.3 is 10.0 Å². The van der Waals surface area contributed by atoms with Crippen LogP contribution in [0.3, 0.4) is 0 Å². The van der Waals surface area contributed by atoms with Gasteiger partial charge in [-0.05, 0) is 68.0 Å².